The molecule has 1 fully saturated rings. The molecule has 1 aliphatic heterocycles. The molecule has 1 aromatic carbocycles. The smallest absolute Gasteiger partial charge is 0.328 e. The molecule has 4 rings (SSSR count). The molecule has 0 unspecified atom stereocenters. The van der Waals surface area contributed by atoms with E-state index in [1.807, 2.05) is 25.1 Å². The van der Waals surface area contributed by atoms with E-state index in [9.17, 15) is 14.4 Å². The molecule has 29 heavy (non-hydrogen) atoms. The van der Waals surface area contributed by atoms with Gasteiger partial charge in [-0.1, -0.05) is 37.3 Å². The van der Waals surface area contributed by atoms with E-state index < -0.39 is 11.2 Å². The minimum Gasteiger partial charge on any atom is -0.335 e. The number of amides is 1. The quantitative estimate of drug-likeness (QED) is 0.685. The lowest BCUT2D eigenvalue weighted by atomic mass is 10.2. The van der Waals surface area contributed by atoms with E-state index >= 15 is 0 Å². The van der Waals surface area contributed by atoms with Crippen LogP contribution < -0.4 is 11.2 Å². The van der Waals surface area contributed by atoms with Gasteiger partial charge in [0.1, 0.15) is 4.88 Å². The van der Waals surface area contributed by atoms with Gasteiger partial charge in [0.2, 0.25) is 0 Å². The Morgan fingerprint density at radius 1 is 1.14 bits per heavy atom. The van der Waals surface area contributed by atoms with Crippen molar-refractivity contribution in [2.45, 2.75) is 26.4 Å². The lowest BCUT2D eigenvalue weighted by Gasteiger charge is -2.34. The number of aromatic amines is 1. The predicted molar refractivity (Wildman–Crippen MR) is 112 cm³/mol. The minimum absolute atomic E-state index is 0.161. The highest BCUT2D eigenvalue weighted by atomic mass is 32.1. The highest BCUT2D eigenvalue weighted by molar-refractivity contribution is 7.09. The van der Waals surface area contributed by atoms with E-state index in [1.54, 1.807) is 4.90 Å². The molecule has 1 amide bonds. The van der Waals surface area contributed by atoms with Crippen LogP contribution in [0.3, 0.4) is 0 Å². The van der Waals surface area contributed by atoms with Crippen molar-refractivity contribution >= 4 is 28.5 Å². The van der Waals surface area contributed by atoms with E-state index in [0.717, 1.165) is 35.7 Å². The third kappa shape index (κ3) is 3.88. The molecular weight excluding hydrogens is 390 g/mol. The number of rotatable bonds is 5. The standard InChI is InChI=1S/C20H23N5O3S/c1-2-8-25-18(26)16-15(21-20(25)28)17(29-22-16)19(27)24-11-9-23(10-12-24)13-14-6-4-3-5-7-14/h3-7H,2,8-13H2,1H3,(H,21,28). The molecule has 152 valence electrons. The summed E-state index contributed by atoms with van der Waals surface area (Å²) in [6.07, 6.45) is 0.664. The topological polar surface area (TPSA) is 91.3 Å². The van der Waals surface area contributed by atoms with Gasteiger partial charge in [0.15, 0.2) is 5.52 Å². The summed E-state index contributed by atoms with van der Waals surface area (Å²) < 4.78 is 5.31. The first-order valence-corrected chi connectivity index (χ1v) is 10.5. The van der Waals surface area contributed by atoms with Crippen LogP contribution in [0.4, 0.5) is 0 Å². The number of aromatic nitrogens is 3. The number of nitrogens with zero attached hydrogens (tertiary/aromatic N) is 4. The first kappa shape index (κ1) is 19.5. The summed E-state index contributed by atoms with van der Waals surface area (Å²) in [6.45, 7) is 5.83. The van der Waals surface area contributed by atoms with E-state index in [-0.39, 0.29) is 16.9 Å². The van der Waals surface area contributed by atoms with Crippen LogP contribution in [0.5, 0.6) is 0 Å². The van der Waals surface area contributed by atoms with Crippen LogP contribution in [0.1, 0.15) is 28.6 Å². The zero-order chi connectivity index (χ0) is 20.4. The third-order valence-corrected chi connectivity index (χ3v) is 6.00. The molecule has 0 spiro atoms. The van der Waals surface area contributed by atoms with Gasteiger partial charge in [-0.25, -0.2) is 4.79 Å². The number of fused-ring (bicyclic) bond motifs is 1. The number of nitrogens with one attached hydrogen (secondary N) is 1. The lowest BCUT2D eigenvalue weighted by molar-refractivity contribution is 0.0634. The van der Waals surface area contributed by atoms with Crippen molar-refractivity contribution in [3.8, 4) is 0 Å². The van der Waals surface area contributed by atoms with Crippen molar-refractivity contribution in [3.63, 3.8) is 0 Å². The summed E-state index contributed by atoms with van der Waals surface area (Å²) in [7, 11) is 0. The number of carbonyl (C=O) groups is 1. The van der Waals surface area contributed by atoms with Crippen LogP contribution in [0.25, 0.3) is 11.0 Å². The molecule has 3 heterocycles. The van der Waals surface area contributed by atoms with E-state index in [0.29, 0.717) is 30.9 Å². The Balaban J connectivity index is 1.50. The Bertz CT molecular complexity index is 1130. The van der Waals surface area contributed by atoms with Crippen LogP contribution in [-0.2, 0) is 13.1 Å². The summed E-state index contributed by atoms with van der Waals surface area (Å²) in [4.78, 5) is 44.9. The first-order valence-electron chi connectivity index (χ1n) is 9.76. The lowest BCUT2D eigenvalue weighted by Crippen LogP contribution is -2.48. The highest BCUT2D eigenvalue weighted by Crippen LogP contribution is 2.20. The summed E-state index contributed by atoms with van der Waals surface area (Å²) in [5, 5.41) is 0. The highest BCUT2D eigenvalue weighted by Gasteiger charge is 2.26. The van der Waals surface area contributed by atoms with Gasteiger partial charge in [-0.15, -0.1) is 0 Å². The molecule has 0 bridgehead atoms. The zero-order valence-electron chi connectivity index (χ0n) is 16.3. The molecule has 0 atom stereocenters. The minimum atomic E-state index is -0.494. The van der Waals surface area contributed by atoms with Crippen LogP contribution >= 0.6 is 11.5 Å². The van der Waals surface area contributed by atoms with Gasteiger partial charge in [-0.3, -0.25) is 19.1 Å². The first-order chi connectivity index (χ1) is 14.1. The molecule has 0 saturated carbocycles. The Kier molecular flexibility index (Phi) is 5.59. The van der Waals surface area contributed by atoms with E-state index in [1.165, 1.54) is 5.56 Å². The van der Waals surface area contributed by atoms with Crippen molar-refractivity contribution in [1.82, 2.24) is 23.7 Å². The van der Waals surface area contributed by atoms with E-state index in [4.69, 9.17) is 0 Å². The molecule has 2 aromatic heterocycles. The van der Waals surface area contributed by atoms with Gasteiger partial charge < -0.3 is 9.88 Å². The van der Waals surface area contributed by atoms with Crippen molar-refractivity contribution in [1.29, 1.82) is 0 Å². The Labute approximate surface area is 171 Å². The Hall–Kier alpha value is -2.78. The average molecular weight is 414 g/mol. The third-order valence-electron chi connectivity index (χ3n) is 5.17. The molecule has 1 N–H and O–H groups in total. The second kappa shape index (κ2) is 8.30. The molecule has 0 radical (unpaired) electrons. The van der Waals surface area contributed by atoms with Gasteiger partial charge in [-0.05, 0) is 23.5 Å². The summed E-state index contributed by atoms with van der Waals surface area (Å²) in [5.74, 6) is -0.180. The molecular formula is C20H23N5O3S. The molecule has 1 saturated heterocycles. The number of H-pyrrole nitrogens is 1. The normalized spacial score (nSPS) is 15.1. The zero-order valence-corrected chi connectivity index (χ0v) is 17.1. The van der Waals surface area contributed by atoms with Crippen molar-refractivity contribution < 1.29 is 4.79 Å². The molecule has 9 heteroatoms. The second-order valence-electron chi connectivity index (χ2n) is 7.18. The van der Waals surface area contributed by atoms with Crippen LogP contribution in [0.2, 0.25) is 0 Å². The maximum atomic E-state index is 13.0. The Morgan fingerprint density at radius 2 is 1.86 bits per heavy atom. The number of carbonyl (C=O) groups excluding carboxylic acids is 1. The van der Waals surface area contributed by atoms with Crippen molar-refractivity contribution in [3.05, 3.63) is 61.6 Å². The second-order valence-corrected chi connectivity index (χ2v) is 7.95. The fourth-order valence-electron chi connectivity index (χ4n) is 3.61. The number of hydrogen-bond acceptors (Lipinski definition) is 6. The van der Waals surface area contributed by atoms with Gasteiger partial charge >= 0.3 is 5.69 Å². The Morgan fingerprint density at radius 3 is 2.55 bits per heavy atom. The molecule has 1 aliphatic rings. The fraction of sp³-hybridized carbons (Fsp3) is 0.400. The monoisotopic (exact) mass is 413 g/mol. The maximum absolute atomic E-state index is 13.0. The maximum Gasteiger partial charge on any atom is 0.328 e. The molecule has 0 aliphatic carbocycles. The number of benzene rings is 1. The van der Waals surface area contributed by atoms with Gasteiger partial charge in [-0.2, -0.15) is 4.37 Å². The van der Waals surface area contributed by atoms with Crippen LogP contribution in [0, 0.1) is 0 Å². The number of piperazine rings is 1. The predicted octanol–water partition coefficient (Wildman–Crippen LogP) is 1.51. The van der Waals surface area contributed by atoms with E-state index in [2.05, 4.69) is 26.4 Å². The van der Waals surface area contributed by atoms with Crippen LogP contribution in [0.15, 0.2) is 39.9 Å². The largest absolute Gasteiger partial charge is 0.335 e. The molecule has 8 nitrogen and oxygen atoms in total. The summed E-state index contributed by atoms with van der Waals surface area (Å²) >= 11 is 0.979. The van der Waals surface area contributed by atoms with Gasteiger partial charge in [0.25, 0.3) is 11.5 Å². The average Bonchev–Trinajstić information content (AvgIpc) is 3.16. The summed E-state index contributed by atoms with van der Waals surface area (Å²) in [6, 6.07) is 10.3. The van der Waals surface area contributed by atoms with Crippen LogP contribution in [-0.4, -0.2) is 55.8 Å². The molecule has 3 aromatic rings. The summed E-state index contributed by atoms with van der Waals surface area (Å²) in [5.41, 5.74) is 0.740. The van der Waals surface area contributed by atoms with Crippen molar-refractivity contribution in [2.24, 2.45) is 0 Å². The van der Waals surface area contributed by atoms with Crippen molar-refractivity contribution in [2.75, 3.05) is 26.2 Å². The SMILES string of the molecule is CCCn1c(=O)[nH]c2c(C(=O)N3CCN(Cc4ccccc4)CC3)snc2c1=O. The number of hydrogen-bond donors (Lipinski definition) is 1. The fourth-order valence-corrected chi connectivity index (χ4v) is 4.41. The van der Waals surface area contributed by atoms with Gasteiger partial charge in [0, 0.05) is 39.3 Å². The van der Waals surface area contributed by atoms with Gasteiger partial charge in [0.05, 0.1) is 5.52 Å².